The summed E-state index contributed by atoms with van der Waals surface area (Å²) in [7, 11) is 0. The maximum absolute atomic E-state index is 12.9. The Morgan fingerprint density at radius 3 is 2.57 bits per heavy atom. The van der Waals surface area contributed by atoms with Crippen LogP contribution in [-0.4, -0.2) is 48.2 Å². The molecule has 154 valence electrons. The number of piperazine rings is 1. The number of carbonyl (C=O) groups is 1. The summed E-state index contributed by atoms with van der Waals surface area (Å²) in [5.74, 6) is 0.696. The Labute approximate surface area is 180 Å². The highest BCUT2D eigenvalue weighted by Crippen LogP contribution is 2.23. The van der Waals surface area contributed by atoms with Crippen molar-refractivity contribution in [3.63, 3.8) is 0 Å². The average Bonchev–Trinajstić information content (AvgIpc) is 2.80. The topological polar surface area (TPSA) is 66.5 Å². The summed E-state index contributed by atoms with van der Waals surface area (Å²) < 4.78 is 5.82. The number of amides is 2. The molecule has 6 nitrogen and oxygen atoms in total. The monoisotopic (exact) mass is 422 g/mol. The third-order valence-electron chi connectivity index (χ3n) is 5.00. The molecule has 4 rings (SSSR count). The van der Waals surface area contributed by atoms with Crippen molar-refractivity contribution in [2.75, 3.05) is 31.6 Å². The predicted octanol–water partition coefficient (Wildman–Crippen LogP) is 4.29. The number of carbonyl (C=O) groups excluding carboxylic acids is 1. The molecule has 1 aromatic heterocycles. The summed E-state index contributed by atoms with van der Waals surface area (Å²) in [5, 5.41) is 7.03. The average molecular weight is 423 g/mol. The van der Waals surface area contributed by atoms with Crippen LogP contribution in [0.25, 0.3) is 11.1 Å². The van der Waals surface area contributed by atoms with Crippen molar-refractivity contribution in [2.24, 2.45) is 0 Å². The molecule has 1 fully saturated rings. The number of hydrogen-bond acceptors (Lipinski definition) is 4. The molecule has 30 heavy (non-hydrogen) atoms. The van der Waals surface area contributed by atoms with Gasteiger partial charge in [0.2, 0.25) is 0 Å². The van der Waals surface area contributed by atoms with E-state index in [9.17, 15) is 4.79 Å². The second kappa shape index (κ2) is 9.61. The van der Waals surface area contributed by atoms with E-state index in [1.54, 1.807) is 12.4 Å². The van der Waals surface area contributed by atoms with Crippen molar-refractivity contribution in [3.05, 3.63) is 78.1 Å². The smallest absolute Gasteiger partial charge is 0.322 e. The molecule has 2 heterocycles. The molecule has 0 radical (unpaired) electrons. The molecule has 2 amide bonds. The molecular weight excluding hydrogens is 400 g/mol. The molecule has 1 unspecified atom stereocenters. The summed E-state index contributed by atoms with van der Waals surface area (Å²) in [6.07, 6.45) is 3.37. The van der Waals surface area contributed by atoms with Gasteiger partial charge in [0.1, 0.15) is 12.4 Å². The number of benzene rings is 2. The molecule has 0 bridgehead atoms. The van der Waals surface area contributed by atoms with Crippen LogP contribution in [-0.2, 0) is 0 Å². The molecule has 2 aromatic carbocycles. The first-order valence-corrected chi connectivity index (χ1v) is 10.2. The van der Waals surface area contributed by atoms with Crippen LogP contribution in [0.15, 0.2) is 73.1 Å². The Kier molecular flexibility index (Phi) is 6.47. The van der Waals surface area contributed by atoms with Crippen LogP contribution in [0.3, 0.4) is 0 Å². The zero-order valence-electron chi connectivity index (χ0n) is 16.4. The number of nitrogens with zero attached hydrogens (tertiary/aromatic N) is 2. The fourth-order valence-corrected chi connectivity index (χ4v) is 3.51. The second-order valence-corrected chi connectivity index (χ2v) is 7.50. The van der Waals surface area contributed by atoms with E-state index in [1.807, 2.05) is 65.6 Å². The highest BCUT2D eigenvalue weighted by atomic mass is 35.5. The summed E-state index contributed by atoms with van der Waals surface area (Å²) in [6, 6.07) is 19.0. The lowest BCUT2D eigenvalue weighted by molar-refractivity contribution is 0.133. The maximum atomic E-state index is 12.9. The largest absolute Gasteiger partial charge is 0.490 e. The van der Waals surface area contributed by atoms with E-state index in [0.717, 1.165) is 23.4 Å². The molecule has 0 spiro atoms. The van der Waals surface area contributed by atoms with Crippen LogP contribution in [0, 0.1) is 0 Å². The molecule has 0 saturated carbocycles. The van der Waals surface area contributed by atoms with Crippen LogP contribution < -0.4 is 15.4 Å². The van der Waals surface area contributed by atoms with Crippen LogP contribution in [0.1, 0.15) is 0 Å². The van der Waals surface area contributed by atoms with Gasteiger partial charge >= 0.3 is 6.03 Å². The summed E-state index contributed by atoms with van der Waals surface area (Å²) in [4.78, 5) is 18.8. The van der Waals surface area contributed by atoms with Crippen LogP contribution in [0.2, 0.25) is 5.02 Å². The Morgan fingerprint density at radius 1 is 1.13 bits per heavy atom. The van der Waals surface area contributed by atoms with Gasteiger partial charge < -0.3 is 20.3 Å². The fourth-order valence-electron chi connectivity index (χ4n) is 3.39. The molecule has 1 aliphatic heterocycles. The molecule has 0 aliphatic carbocycles. The number of nitrogens with one attached hydrogen (secondary N) is 2. The SMILES string of the molecule is O=C(Nc1ccc(-c2ccc(Cl)cc2)cc1)N1CCNCC1COc1cccnc1. The van der Waals surface area contributed by atoms with E-state index in [-0.39, 0.29) is 12.1 Å². The highest BCUT2D eigenvalue weighted by molar-refractivity contribution is 6.30. The number of halogens is 1. The molecule has 7 heteroatoms. The van der Waals surface area contributed by atoms with Gasteiger partial charge in [0.15, 0.2) is 0 Å². The standard InChI is InChI=1S/C23H23ClN4O2/c24-19-7-3-17(4-8-19)18-5-9-20(10-6-18)27-23(29)28-13-12-26-14-21(28)16-30-22-2-1-11-25-15-22/h1-11,15,21,26H,12-14,16H2,(H,27,29). The minimum absolute atomic E-state index is 0.0627. The predicted molar refractivity (Wildman–Crippen MR) is 119 cm³/mol. The number of rotatable bonds is 5. The van der Waals surface area contributed by atoms with E-state index >= 15 is 0 Å². The fraction of sp³-hybridized carbons (Fsp3) is 0.217. The molecule has 3 aromatic rings. The van der Waals surface area contributed by atoms with E-state index in [4.69, 9.17) is 16.3 Å². The molecule has 1 aliphatic rings. The summed E-state index contributed by atoms with van der Waals surface area (Å²) in [6.45, 7) is 2.47. The van der Waals surface area contributed by atoms with E-state index in [0.29, 0.717) is 30.5 Å². The van der Waals surface area contributed by atoms with Gasteiger partial charge in [-0.1, -0.05) is 35.9 Å². The zero-order valence-corrected chi connectivity index (χ0v) is 17.2. The van der Waals surface area contributed by atoms with Crippen molar-refractivity contribution < 1.29 is 9.53 Å². The Hall–Kier alpha value is -3.09. The number of hydrogen-bond donors (Lipinski definition) is 2. The number of urea groups is 1. The minimum atomic E-state index is -0.129. The van der Waals surface area contributed by atoms with Crippen molar-refractivity contribution in [2.45, 2.75) is 6.04 Å². The van der Waals surface area contributed by atoms with Gasteiger partial charge in [-0.25, -0.2) is 4.79 Å². The quantitative estimate of drug-likeness (QED) is 0.643. The molecule has 1 atom stereocenters. The minimum Gasteiger partial charge on any atom is -0.490 e. The van der Waals surface area contributed by atoms with Gasteiger partial charge in [-0.15, -0.1) is 0 Å². The number of pyridine rings is 1. The maximum Gasteiger partial charge on any atom is 0.322 e. The Balaban J connectivity index is 1.38. The third kappa shape index (κ3) is 5.09. The van der Waals surface area contributed by atoms with Crippen LogP contribution in [0.5, 0.6) is 5.75 Å². The van der Waals surface area contributed by atoms with E-state index < -0.39 is 0 Å². The Bertz CT molecular complexity index is 965. The third-order valence-corrected chi connectivity index (χ3v) is 5.25. The van der Waals surface area contributed by atoms with Gasteiger partial charge in [-0.2, -0.15) is 0 Å². The van der Waals surface area contributed by atoms with Crippen molar-refractivity contribution >= 4 is 23.3 Å². The second-order valence-electron chi connectivity index (χ2n) is 7.07. The molecular formula is C23H23ClN4O2. The lowest BCUT2D eigenvalue weighted by atomic mass is 10.1. The first kappa shape index (κ1) is 20.2. The van der Waals surface area contributed by atoms with E-state index in [2.05, 4.69) is 15.6 Å². The van der Waals surface area contributed by atoms with Gasteiger partial charge in [0, 0.05) is 36.5 Å². The van der Waals surface area contributed by atoms with E-state index in [1.165, 1.54) is 0 Å². The summed E-state index contributed by atoms with van der Waals surface area (Å²) >= 11 is 5.96. The van der Waals surface area contributed by atoms with Gasteiger partial charge in [0.25, 0.3) is 0 Å². The molecule has 2 N–H and O–H groups in total. The lowest BCUT2D eigenvalue weighted by Gasteiger charge is -2.35. The number of ether oxygens (including phenoxy) is 1. The van der Waals surface area contributed by atoms with Crippen LogP contribution >= 0.6 is 11.6 Å². The lowest BCUT2D eigenvalue weighted by Crippen LogP contribution is -2.57. The summed E-state index contributed by atoms with van der Waals surface area (Å²) in [5.41, 5.74) is 2.89. The molecule has 1 saturated heterocycles. The number of anilines is 1. The normalized spacial score (nSPS) is 16.2. The van der Waals surface area contributed by atoms with Crippen LogP contribution in [0.4, 0.5) is 10.5 Å². The first-order valence-electron chi connectivity index (χ1n) is 9.86. The highest BCUT2D eigenvalue weighted by Gasteiger charge is 2.27. The Morgan fingerprint density at radius 2 is 1.87 bits per heavy atom. The first-order chi connectivity index (χ1) is 14.7. The van der Waals surface area contributed by atoms with Crippen molar-refractivity contribution in [3.8, 4) is 16.9 Å². The van der Waals surface area contributed by atoms with Crippen molar-refractivity contribution in [1.29, 1.82) is 0 Å². The van der Waals surface area contributed by atoms with Crippen molar-refractivity contribution in [1.82, 2.24) is 15.2 Å². The number of aromatic nitrogens is 1. The van der Waals surface area contributed by atoms with Gasteiger partial charge in [0.05, 0.1) is 12.2 Å². The van der Waals surface area contributed by atoms with Gasteiger partial charge in [-0.05, 0) is 47.5 Å². The zero-order chi connectivity index (χ0) is 20.8. The van der Waals surface area contributed by atoms with Gasteiger partial charge in [-0.3, -0.25) is 4.98 Å².